The Balaban J connectivity index is 1.87. The van der Waals surface area contributed by atoms with E-state index in [1.165, 1.54) is 0 Å². The van der Waals surface area contributed by atoms with Crippen LogP contribution < -0.4 is 11.1 Å². The van der Waals surface area contributed by atoms with Crippen molar-refractivity contribution in [3.05, 3.63) is 43.0 Å². The minimum Gasteiger partial charge on any atom is -0.327 e. The van der Waals surface area contributed by atoms with Crippen molar-refractivity contribution in [3.63, 3.8) is 0 Å². The number of anilines is 1. The second-order valence-electron chi connectivity index (χ2n) is 5.86. The molecule has 110 valence electrons. The maximum Gasteiger partial charge on any atom is 0.231 e. The molecular formula is C16H20N4O. The molecule has 0 aliphatic heterocycles. The summed E-state index contributed by atoms with van der Waals surface area (Å²) in [4.78, 5) is 16.7. The van der Waals surface area contributed by atoms with Crippen molar-refractivity contribution in [1.82, 2.24) is 9.55 Å². The van der Waals surface area contributed by atoms with Crippen LogP contribution >= 0.6 is 0 Å². The first kappa shape index (κ1) is 13.8. The van der Waals surface area contributed by atoms with Crippen LogP contribution in [-0.4, -0.2) is 21.5 Å². The van der Waals surface area contributed by atoms with E-state index in [0.29, 0.717) is 0 Å². The third-order valence-corrected chi connectivity index (χ3v) is 4.48. The predicted molar refractivity (Wildman–Crippen MR) is 82.1 cm³/mol. The highest BCUT2D eigenvalue weighted by Crippen LogP contribution is 2.38. The maximum absolute atomic E-state index is 12.7. The van der Waals surface area contributed by atoms with Crippen LogP contribution in [0.3, 0.4) is 0 Å². The Hall–Kier alpha value is -2.14. The quantitative estimate of drug-likeness (QED) is 0.908. The van der Waals surface area contributed by atoms with E-state index >= 15 is 0 Å². The smallest absolute Gasteiger partial charge is 0.231 e. The van der Waals surface area contributed by atoms with Crippen LogP contribution in [0.25, 0.3) is 5.69 Å². The highest BCUT2D eigenvalue weighted by molar-refractivity contribution is 5.97. The number of imidazole rings is 1. The summed E-state index contributed by atoms with van der Waals surface area (Å²) in [5.74, 6) is 0.0000605. The Bertz CT molecular complexity index is 637. The fraction of sp³-hybridized carbons (Fsp3) is 0.375. The van der Waals surface area contributed by atoms with E-state index in [-0.39, 0.29) is 11.9 Å². The molecule has 1 amide bonds. The topological polar surface area (TPSA) is 72.9 Å². The number of nitrogens with zero attached hydrogens (tertiary/aromatic N) is 2. The van der Waals surface area contributed by atoms with Gasteiger partial charge in [-0.2, -0.15) is 0 Å². The van der Waals surface area contributed by atoms with Gasteiger partial charge in [0.15, 0.2) is 0 Å². The lowest BCUT2D eigenvalue weighted by Gasteiger charge is -2.28. The highest BCUT2D eigenvalue weighted by atomic mass is 16.2. The van der Waals surface area contributed by atoms with Crippen molar-refractivity contribution in [1.29, 1.82) is 0 Å². The minimum atomic E-state index is -0.484. The molecule has 0 radical (unpaired) electrons. The fourth-order valence-corrected chi connectivity index (χ4v) is 2.95. The van der Waals surface area contributed by atoms with Gasteiger partial charge in [-0.3, -0.25) is 4.79 Å². The lowest BCUT2D eigenvalue weighted by atomic mass is 9.84. The monoisotopic (exact) mass is 284 g/mol. The van der Waals surface area contributed by atoms with Crippen LogP contribution in [-0.2, 0) is 4.79 Å². The molecule has 1 aromatic heterocycles. The second-order valence-corrected chi connectivity index (χ2v) is 5.86. The Morgan fingerprint density at radius 2 is 2.29 bits per heavy atom. The number of nitrogens with two attached hydrogens (primary N) is 1. The normalized spacial score (nSPS) is 25.0. The average Bonchev–Trinajstić information content (AvgIpc) is 3.11. The van der Waals surface area contributed by atoms with Gasteiger partial charge in [0, 0.05) is 18.4 Å². The SMILES string of the molecule is CC1(C(=O)Nc2ccccc2-n2ccnc2)CCCC1N. The summed E-state index contributed by atoms with van der Waals surface area (Å²) in [6.45, 7) is 1.96. The molecule has 1 fully saturated rings. The molecule has 1 heterocycles. The number of hydrogen-bond donors (Lipinski definition) is 2. The molecule has 5 heteroatoms. The summed E-state index contributed by atoms with van der Waals surface area (Å²) >= 11 is 0. The molecule has 0 bridgehead atoms. The van der Waals surface area contributed by atoms with E-state index in [1.54, 1.807) is 12.5 Å². The second kappa shape index (κ2) is 5.33. The molecule has 1 saturated carbocycles. The molecule has 3 N–H and O–H groups in total. The number of carbonyl (C=O) groups is 1. The van der Waals surface area contributed by atoms with Crippen LogP contribution in [0.2, 0.25) is 0 Å². The molecule has 0 saturated heterocycles. The molecule has 1 aliphatic carbocycles. The van der Waals surface area contributed by atoms with Gasteiger partial charge in [-0.15, -0.1) is 0 Å². The molecule has 5 nitrogen and oxygen atoms in total. The zero-order chi connectivity index (χ0) is 14.9. The minimum absolute atomic E-state index is 0.0000605. The van der Waals surface area contributed by atoms with Gasteiger partial charge in [0.25, 0.3) is 0 Å². The molecular weight excluding hydrogens is 264 g/mol. The Kier molecular flexibility index (Phi) is 3.51. The molecule has 21 heavy (non-hydrogen) atoms. The van der Waals surface area contributed by atoms with Crippen molar-refractivity contribution in [2.45, 2.75) is 32.2 Å². The van der Waals surface area contributed by atoms with Gasteiger partial charge in [-0.25, -0.2) is 4.98 Å². The van der Waals surface area contributed by atoms with E-state index in [0.717, 1.165) is 30.6 Å². The first-order valence-electron chi connectivity index (χ1n) is 7.26. The molecule has 3 rings (SSSR count). The summed E-state index contributed by atoms with van der Waals surface area (Å²) in [6.07, 6.45) is 8.05. The zero-order valence-corrected chi connectivity index (χ0v) is 12.1. The molecule has 2 unspecified atom stereocenters. The number of rotatable bonds is 3. The lowest BCUT2D eigenvalue weighted by molar-refractivity contribution is -0.125. The standard InChI is InChI=1S/C16H20N4O/c1-16(8-4-7-14(16)17)15(21)19-12-5-2-3-6-13(12)20-10-9-18-11-20/h2-3,5-6,9-11,14H,4,7-8,17H2,1H3,(H,19,21). The van der Waals surface area contributed by atoms with Gasteiger partial charge in [-0.05, 0) is 31.9 Å². The van der Waals surface area contributed by atoms with Gasteiger partial charge >= 0.3 is 0 Å². The lowest BCUT2D eigenvalue weighted by Crippen LogP contribution is -2.44. The first-order valence-corrected chi connectivity index (χ1v) is 7.26. The number of nitrogens with one attached hydrogen (secondary N) is 1. The highest BCUT2D eigenvalue weighted by Gasteiger charge is 2.43. The van der Waals surface area contributed by atoms with Crippen LogP contribution in [0.1, 0.15) is 26.2 Å². The average molecular weight is 284 g/mol. The van der Waals surface area contributed by atoms with E-state index in [4.69, 9.17) is 5.73 Å². The summed E-state index contributed by atoms with van der Waals surface area (Å²) < 4.78 is 1.88. The molecule has 2 atom stereocenters. The first-order chi connectivity index (χ1) is 10.1. The van der Waals surface area contributed by atoms with Crippen molar-refractivity contribution in [2.24, 2.45) is 11.1 Å². The van der Waals surface area contributed by atoms with E-state index in [2.05, 4.69) is 10.3 Å². The van der Waals surface area contributed by atoms with Crippen LogP contribution in [0, 0.1) is 5.41 Å². The van der Waals surface area contributed by atoms with Gasteiger partial charge < -0.3 is 15.6 Å². The van der Waals surface area contributed by atoms with E-state index in [9.17, 15) is 4.79 Å². The third-order valence-electron chi connectivity index (χ3n) is 4.48. The van der Waals surface area contributed by atoms with E-state index in [1.807, 2.05) is 42.0 Å². The van der Waals surface area contributed by atoms with Gasteiger partial charge in [-0.1, -0.05) is 18.6 Å². The van der Waals surface area contributed by atoms with Crippen molar-refractivity contribution in [3.8, 4) is 5.69 Å². The third kappa shape index (κ3) is 2.45. The fourth-order valence-electron chi connectivity index (χ4n) is 2.95. The molecule has 1 aromatic carbocycles. The van der Waals surface area contributed by atoms with Gasteiger partial charge in [0.1, 0.15) is 0 Å². The number of para-hydroxylation sites is 2. The van der Waals surface area contributed by atoms with Gasteiger partial charge in [0.2, 0.25) is 5.91 Å². The van der Waals surface area contributed by atoms with Crippen LogP contribution in [0.5, 0.6) is 0 Å². The van der Waals surface area contributed by atoms with E-state index < -0.39 is 5.41 Å². The number of amides is 1. The largest absolute Gasteiger partial charge is 0.327 e. The van der Waals surface area contributed by atoms with Crippen LogP contribution in [0.15, 0.2) is 43.0 Å². The molecule has 0 spiro atoms. The summed E-state index contributed by atoms with van der Waals surface area (Å²) in [6, 6.07) is 7.63. The van der Waals surface area contributed by atoms with Crippen LogP contribution in [0.4, 0.5) is 5.69 Å². The zero-order valence-electron chi connectivity index (χ0n) is 12.1. The Labute approximate surface area is 124 Å². The summed E-state index contributed by atoms with van der Waals surface area (Å²) in [5.41, 5.74) is 7.32. The number of hydrogen-bond acceptors (Lipinski definition) is 3. The number of carbonyl (C=O) groups excluding carboxylic acids is 1. The summed E-state index contributed by atoms with van der Waals surface area (Å²) in [5, 5.41) is 3.04. The van der Waals surface area contributed by atoms with Gasteiger partial charge in [0.05, 0.1) is 23.1 Å². The van der Waals surface area contributed by atoms with Crippen molar-refractivity contribution >= 4 is 11.6 Å². The van der Waals surface area contributed by atoms with Crippen molar-refractivity contribution < 1.29 is 4.79 Å². The summed E-state index contributed by atoms with van der Waals surface area (Å²) in [7, 11) is 0. The predicted octanol–water partition coefficient (Wildman–Crippen LogP) is 2.33. The maximum atomic E-state index is 12.7. The Morgan fingerprint density at radius 3 is 2.95 bits per heavy atom. The molecule has 2 aromatic rings. The molecule has 1 aliphatic rings. The number of benzene rings is 1. The Morgan fingerprint density at radius 1 is 1.48 bits per heavy atom. The number of aromatic nitrogens is 2. The van der Waals surface area contributed by atoms with Crippen molar-refractivity contribution in [2.75, 3.05) is 5.32 Å².